The van der Waals surface area contributed by atoms with E-state index in [9.17, 15) is 4.39 Å². The minimum absolute atomic E-state index is 0.144. The Balaban J connectivity index is 2.06. The molecule has 1 nitrogen and oxygen atoms in total. The lowest BCUT2D eigenvalue weighted by molar-refractivity contribution is 0.302. The van der Waals surface area contributed by atoms with E-state index in [1.54, 1.807) is 6.07 Å². The van der Waals surface area contributed by atoms with Crippen LogP contribution < -0.4 is 4.74 Å². The molecule has 0 N–H and O–H groups in total. The van der Waals surface area contributed by atoms with Crippen LogP contribution in [0.25, 0.3) is 0 Å². The molecule has 0 amide bonds. The molecule has 0 saturated carbocycles. The van der Waals surface area contributed by atoms with Crippen molar-refractivity contribution in [1.29, 1.82) is 0 Å². The highest BCUT2D eigenvalue weighted by Crippen LogP contribution is 2.27. The number of hydrogen-bond acceptors (Lipinski definition) is 1. The number of rotatable bonds is 3. The van der Waals surface area contributed by atoms with E-state index in [-0.39, 0.29) is 11.2 Å². The van der Waals surface area contributed by atoms with Crippen molar-refractivity contribution in [2.45, 2.75) is 32.8 Å². The normalized spacial score (nSPS) is 11.4. The highest BCUT2D eigenvalue weighted by molar-refractivity contribution is 9.10. The maximum atomic E-state index is 13.2. The van der Waals surface area contributed by atoms with Gasteiger partial charge in [0, 0.05) is 6.07 Å². The van der Waals surface area contributed by atoms with Crippen LogP contribution in [0.15, 0.2) is 46.9 Å². The topological polar surface area (TPSA) is 9.23 Å². The molecule has 0 aliphatic rings. The van der Waals surface area contributed by atoms with Gasteiger partial charge in [0.15, 0.2) is 0 Å². The predicted molar refractivity (Wildman–Crippen MR) is 83.6 cm³/mol. The Labute approximate surface area is 127 Å². The maximum Gasteiger partial charge on any atom is 0.136 e. The molecule has 0 aliphatic carbocycles. The van der Waals surface area contributed by atoms with Gasteiger partial charge < -0.3 is 4.74 Å². The third-order valence-corrected chi connectivity index (χ3v) is 3.76. The maximum absolute atomic E-state index is 13.2. The van der Waals surface area contributed by atoms with Crippen molar-refractivity contribution in [3.05, 3.63) is 63.9 Å². The zero-order valence-electron chi connectivity index (χ0n) is 11.9. The number of hydrogen-bond donors (Lipinski definition) is 0. The van der Waals surface area contributed by atoms with Crippen LogP contribution in [0.3, 0.4) is 0 Å². The Morgan fingerprint density at radius 3 is 2.30 bits per heavy atom. The highest BCUT2D eigenvalue weighted by atomic mass is 79.9. The molecule has 0 spiro atoms. The Hall–Kier alpha value is -1.35. The van der Waals surface area contributed by atoms with Crippen molar-refractivity contribution in [3.63, 3.8) is 0 Å². The van der Waals surface area contributed by atoms with Crippen molar-refractivity contribution in [2.75, 3.05) is 0 Å². The van der Waals surface area contributed by atoms with E-state index >= 15 is 0 Å². The third kappa shape index (κ3) is 3.83. The molecule has 106 valence electrons. The van der Waals surface area contributed by atoms with Crippen LogP contribution in [0, 0.1) is 5.82 Å². The minimum atomic E-state index is -0.300. The lowest BCUT2D eigenvalue weighted by Crippen LogP contribution is -2.10. The minimum Gasteiger partial charge on any atom is -0.488 e. The first-order valence-corrected chi connectivity index (χ1v) is 7.33. The van der Waals surface area contributed by atoms with Crippen molar-refractivity contribution in [1.82, 2.24) is 0 Å². The number of ether oxygens (including phenoxy) is 1. The molecule has 0 aromatic heterocycles. The molecule has 2 rings (SSSR count). The van der Waals surface area contributed by atoms with Crippen molar-refractivity contribution in [3.8, 4) is 5.75 Å². The van der Waals surface area contributed by atoms with Gasteiger partial charge in [-0.25, -0.2) is 4.39 Å². The van der Waals surface area contributed by atoms with Gasteiger partial charge in [-0.05, 0) is 44.6 Å². The highest BCUT2D eigenvalue weighted by Gasteiger charge is 2.12. The molecule has 0 saturated heterocycles. The summed E-state index contributed by atoms with van der Waals surface area (Å²) in [4.78, 5) is 0. The van der Waals surface area contributed by atoms with E-state index in [0.717, 1.165) is 10.0 Å². The summed E-state index contributed by atoms with van der Waals surface area (Å²) in [7, 11) is 0. The second kappa shape index (κ2) is 5.96. The van der Waals surface area contributed by atoms with E-state index in [1.807, 2.05) is 12.1 Å². The van der Waals surface area contributed by atoms with E-state index in [4.69, 9.17) is 4.74 Å². The molecule has 3 heteroatoms. The quantitative estimate of drug-likeness (QED) is 0.722. The second-order valence-electron chi connectivity index (χ2n) is 5.81. The van der Waals surface area contributed by atoms with Gasteiger partial charge in [0.05, 0.1) is 4.47 Å². The van der Waals surface area contributed by atoms with Crippen molar-refractivity contribution >= 4 is 15.9 Å². The molecule has 0 unspecified atom stereocenters. The van der Waals surface area contributed by atoms with Crippen LogP contribution >= 0.6 is 15.9 Å². The number of halogens is 2. The van der Waals surface area contributed by atoms with E-state index in [1.165, 1.54) is 17.7 Å². The van der Waals surface area contributed by atoms with Crippen molar-refractivity contribution < 1.29 is 9.13 Å². The van der Waals surface area contributed by atoms with Crippen LogP contribution in [0.2, 0.25) is 0 Å². The Kier molecular flexibility index (Phi) is 4.48. The molecule has 2 aromatic rings. The van der Waals surface area contributed by atoms with Gasteiger partial charge in [-0.1, -0.05) is 45.0 Å². The molecule has 0 bridgehead atoms. The Bertz CT molecular complexity index is 585. The zero-order chi connectivity index (χ0) is 14.8. The van der Waals surface area contributed by atoms with E-state index in [0.29, 0.717) is 12.4 Å². The third-order valence-electron chi connectivity index (χ3n) is 3.11. The van der Waals surface area contributed by atoms with Crippen LogP contribution in [0.1, 0.15) is 31.9 Å². The molecule has 20 heavy (non-hydrogen) atoms. The Morgan fingerprint density at radius 1 is 1.05 bits per heavy atom. The largest absolute Gasteiger partial charge is 0.488 e. The van der Waals surface area contributed by atoms with Crippen LogP contribution in [0.5, 0.6) is 5.75 Å². The van der Waals surface area contributed by atoms with Gasteiger partial charge in [-0.15, -0.1) is 0 Å². The van der Waals surface area contributed by atoms with E-state index in [2.05, 4.69) is 48.8 Å². The summed E-state index contributed by atoms with van der Waals surface area (Å²) in [6.07, 6.45) is 0. The smallest absolute Gasteiger partial charge is 0.136 e. The SMILES string of the molecule is CC(C)(C)c1ccc(COc2cc(F)ccc2Br)cc1. The molecule has 0 fully saturated rings. The van der Waals surface area contributed by atoms with Crippen LogP contribution in [-0.4, -0.2) is 0 Å². The summed E-state index contributed by atoms with van der Waals surface area (Å²) < 4.78 is 19.6. The molecule has 2 aromatic carbocycles. The Morgan fingerprint density at radius 2 is 1.70 bits per heavy atom. The van der Waals surface area contributed by atoms with Gasteiger partial charge in [-0.2, -0.15) is 0 Å². The second-order valence-corrected chi connectivity index (χ2v) is 6.66. The molecular formula is C17H18BrFO. The average molecular weight is 337 g/mol. The van der Waals surface area contributed by atoms with Gasteiger partial charge in [-0.3, -0.25) is 0 Å². The summed E-state index contributed by atoms with van der Waals surface area (Å²) in [5.74, 6) is 0.219. The summed E-state index contributed by atoms with van der Waals surface area (Å²) in [6, 6.07) is 12.7. The first kappa shape index (κ1) is 15.0. The molecule has 0 heterocycles. The van der Waals surface area contributed by atoms with E-state index < -0.39 is 0 Å². The van der Waals surface area contributed by atoms with Crippen molar-refractivity contribution in [2.24, 2.45) is 0 Å². The summed E-state index contributed by atoms with van der Waals surface area (Å²) in [6.45, 7) is 6.97. The summed E-state index contributed by atoms with van der Waals surface area (Å²) in [5.41, 5.74) is 2.49. The fourth-order valence-electron chi connectivity index (χ4n) is 1.85. The zero-order valence-corrected chi connectivity index (χ0v) is 13.5. The summed E-state index contributed by atoms with van der Waals surface area (Å²) >= 11 is 3.35. The molecular weight excluding hydrogens is 319 g/mol. The van der Waals surface area contributed by atoms with Crippen LogP contribution in [-0.2, 0) is 12.0 Å². The average Bonchev–Trinajstić information content (AvgIpc) is 2.39. The summed E-state index contributed by atoms with van der Waals surface area (Å²) in [5, 5.41) is 0. The number of benzene rings is 2. The first-order valence-electron chi connectivity index (χ1n) is 6.53. The molecule has 0 atom stereocenters. The fourth-order valence-corrected chi connectivity index (χ4v) is 2.21. The molecule has 0 aliphatic heterocycles. The predicted octanol–water partition coefficient (Wildman–Crippen LogP) is 5.46. The first-order chi connectivity index (χ1) is 9.36. The van der Waals surface area contributed by atoms with Gasteiger partial charge >= 0.3 is 0 Å². The monoisotopic (exact) mass is 336 g/mol. The van der Waals surface area contributed by atoms with Gasteiger partial charge in [0.1, 0.15) is 18.2 Å². The molecule has 0 radical (unpaired) electrons. The van der Waals surface area contributed by atoms with Gasteiger partial charge in [0.25, 0.3) is 0 Å². The standard InChI is InChI=1S/C17H18BrFO/c1-17(2,3)13-6-4-12(5-7-13)11-20-16-10-14(19)8-9-15(16)18/h4-10H,11H2,1-3H3. The lowest BCUT2D eigenvalue weighted by atomic mass is 9.87. The van der Waals surface area contributed by atoms with Crippen LogP contribution in [0.4, 0.5) is 4.39 Å². The lowest BCUT2D eigenvalue weighted by Gasteiger charge is -2.19. The fraction of sp³-hybridized carbons (Fsp3) is 0.294. The van der Waals surface area contributed by atoms with Gasteiger partial charge in [0.2, 0.25) is 0 Å².